The average Bonchev–Trinajstić information content (AvgIpc) is 2.35. The lowest BCUT2D eigenvalue weighted by Crippen LogP contribution is -2.36. The molecule has 0 bridgehead atoms. The molecule has 110 valence electrons. The third kappa shape index (κ3) is 3.93. The first kappa shape index (κ1) is 16.4. The van der Waals surface area contributed by atoms with Crippen molar-refractivity contribution < 1.29 is 9.72 Å². The Balaban J connectivity index is 3.07. The summed E-state index contributed by atoms with van der Waals surface area (Å²) in [6.45, 7) is 6.06. The first-order valence-electron chi connectivity index (χ1n) is 6.45. The normalized spacial score (nSPS) is 12.3. The Morgan fingerprint density at radius 3 is 2.50 bits per heavy atom. The summed E-state index contributed by atoms with van der Waals surface area (Å²) in [6.07, 6.45) is 0.830. The second kappa shape index (κ2) is 6.70. The molecule has 1 unspecified atom stereocenters. The van der Waals surface area contributed by atoms with Crippen LogP contribution >= 0.6 is 11.6 Å². The maximum absolute atomic E-state index is 12.4. The van der Waals surface area contributed by atoms with Crippen LogP contribution in [0.3, 0.4) is 0 Å². The van der Waals surface area contributed by atoms with Crippen LogP contribution in [-0.2, 0) is 0 Å². The number of nitro groups is 1. The van der Waals surface area contributed by atoms with Crippen molar-refractivity contribution in [2.45, 2.75) is 33.2 Å². The van der Waals surface area contributed by atoms with Crippen LogP contribution in [0.2, 0.25) is 5.02 Å². The Hall–Kier alpha value is -1.62. The average molecular weight is 299 g/mol. The molecule has 0 saturated carbocycles. The molecule has 6 heteroatoms. The number of amides is 1. The topological polar surface area (TPSA) is 63.5 Å². The Bertz CT molecular complexity index is 517. The van der Waals surface area contributed by atoms with Crippen LogP contribution in [0, 0.1) is 16.0 Å². The lowest BCUT2D eigenvalue weighted by Gasteiger charge is -2.26. The molecule has 0 radical (unpaired) electrons. The fraction of sp³-hybridized carbons (Fsp3) is 0.500. The van der Waals surface area contributed by atoms with E-state index in [1.54, 1.807) is 7.05 Å². The van der Waals surface area contributed by atoms with Crippen LogP contribution in [0.1, 0.15) is 37.6 Å². The van der Waals surface area contributed by atoms with E-state index in [4.69, 9.17) is 11.6 Å². The van der Waals surface area contributed by atoms with Gasteiger partial charge in [0.15, 0.2) is 0 Å². The molecule has 0 aliphatic carbocycles. The SMILES string of the molecule is CC(C)CC(C)N(C)C(=O)c1cc(Cl)ccc1[N+](=O)[O-]. The van der Waals surface area contributed by atoms with E-state index in [1.165, 1.54) is 23.1 Å². The van der Waals surface area contributed by atoms with Crippen molar-refractivity contribution in [3.05, 3.63) is 38.9 Å². The van der Waals surface area contributed by atoms with Gasteiger partial charge in [-0.2, -0.15) is 0 Å². The molecule has 20 heavy (non-hydrogen) atoms. The van der Waals surface area contributed by atoms with Crippen LogP contribution in [-0.4, -0.2) is 28.8 Å². The molecule has 1 aromatic rings. The first-order chi connectivity index (χ1) is 9.23. The van der Waals surface area contributed by atoms with Crippen molar-refractivity contribution in [2.24, 2.45) is 5.92 Å². The Labute approximate surface area is 123 Å². The van der Waals surface area contributed by atoms with Crippen molar-refractivity contribution in [3.63, 3.8) is 0 Å². The van der Waals surface area contributed by atoms with Crippen LogP contribution in [0.5, 0.6) is 0 Å². The van der Waals surface area contributed by atoms with Gasteiger partial charge < -0.3 is 4.90 Å². The third-order valence-electron chi connectivity index (χ3n) is 3.18. The Morgan fingerprint density at radius 2 is 2.00 bits per heavy atom. The molecular formula is C14H19ClN2O3. The molecule has 1 atom stereocenters. The highest BCUT2D eigenvalue weighted by molar-refractivity contribution is 6.31. The predicted molar refractivity (Wildman–Crippen MR) is 79.1 cm³/mol. The zero-order chi connectivity index (χ0) is 15.4. The maximum atomic E-state index is 12.4. The number of nitro benzene ring substituents is 1. The molecule has 0 saturated heterocycles. The summed E-state index contributed by atoms with van der Waals surface area (Å²) in [6, 6.07) is 4.02. The molecule has 0 N–H and O–H groups in total. The van der Waals surface area contributed by atoms with Gasteiger partial charge in [0.1, 0.15) is 5.56 Å². The van der Waals surface area contributed by atoms with E-state index in [0.717, 1.165) is 6.42 Å². The lowest BCUT2D eigenvalue weighted by atomic mass is 10.0. The molecule has 1 amide bonds. The van der Waals surface area contributed by atoms with Gasteiger partial charge in [-0.15, -0.1) is 0 Å². The smallest absolute Gasteiger partial charge is 0.282 e. The van der Waals surface area contributed by atoms with Gasteiger partial charge in [-0.1, -0.05) is 25.4 Å². The molecule has 1 aromatic carbocycles. The lowest BCUT2D eigenvalue weighted by molar-refractivity contribution is -0.385. The molecule has 0 fully saturated rings. The first-order valence-corrected chi connectivity index (χ1v) is 6.83. The quantitative estimate of drug-likeness (QED) is 0.614. The van der Waals surface area contributed by atoms with Crippen molar-refractivity contribution >= 4 is 23.2 Å². The molecule has 0 aliphatic heterocycles. The second-order valence-corrected chi connectivity index (χ2v) is 5.75. The third-order valence-corrected chi connectivity index (χ3v) is 3.41. The van der Waals surface area contributed by atoms with E-state index in [-0.39, 0.29) is 23.2 Å². The fourth-order valence-electron chi connectivity index (χ4n) is 2.07. The zero-order valence-electron chi connectivity index (χ0n) is 12.1. The zero-order valence-corrected chi connectivity index (χ0v) is 12.8. The van der Waals surface area contributed by atoms with E-state index in [0.29, 0.717) is 10.9 Å². The van der Waals surface area contributed by atoms with Crippen LogP contribution in [0.15, 0.2) is 18.2 Å². The minimum Gasteiger partial charge on any atom is -0.339 e. The van der Waals surface area contributed by atoms with Gasteiger partial charge in [-0.25, -0.2) is 0 Å². The number of carbonyl (C=O) groups is 1. The number of benzene rings is 1. The Morgan fingerprint density at radius 1 is 1.40 bits per heavy atom. The van der Waals surface area contributed by atoms with Crippen LogP contribution in [0.25, 0.3) is 0 Å². The van der Waals surface area contributed by atoms with Crippen molar-refractivity contribution in [1.29, 1.82) is 0 Å². The van der Waals surface area contributed by atoms with Gasteiger partial charge in [0.25, 0.3) is 11.6 Å². The predicted octanol–water partition coefficient (Wildman–Crippen LogP) is 3.75. The summed E-state index contributed by atoms with van der Waals surface area (Å²) in [5.41, 5.74) is -0.191. The molecule has 0 aromatic heterocycles. The maximum Gasteiger partial charge on any atom is 0.282 e. The summed E-state index contributed by atoms with van der Waals surface area (Å²) in [4.78, 5) is 24.4. The number of hydrogen-bond acceptors (Lipinski definition) is 3. The number of halogens is 1. The van der Waals surface area contributed by atoms with E-state index in [1.807, 2.05) is 6.92 Å². The summed E-state index contributed by atoms with van der Waals surface area (Å²) in [5, 5.41) is 11.3. The van der Waals surface area contributed by atoms with E-state index < -0.39 is 4.92 Å². The summed E-state index contributed by atoms with van der Waals surface area (Å²) < 4.78 is 0. The van der Waals surface area contributed by atoms with Gasteiger partial charge >= 0.3 is 0 Å². The second-order valence-electron chi connectivity index (χ2n) is 5.31. The van der Waals surface area contributed by atoms with E-state index in [9.17, 15) is 14.9 Å². The molecule has 0 heterocycles. The molecular weight excluding hydrogens is 280 g/mol. The van der Waals surface area contributed by atoms with Gasteiger partial charge in [-0.05, 0) is 31.4 Å². The van der Waals surface area contributed by atoms with Crippen molar-refractivity contribution in [1.82, 2.24) is 4.90 Å². The van der Waals surface area contributed by atoms with Gasteiger partial charge in [0.2, 0.25) is 0 Å². The van der Waals surface area contributed by atoms with Gasteiger partial charge in [0, 0.05) is 24.2 Å². The highest BCUT2D eigenvalue weighted by atomic mass is 35.5. The summed E-state index contributed by atoms with van der Waals surface area (Å²) >= 11 is 5.84. The number of rotatable bonds is 5. The fourth-order valence-corrected chi connectivity index (χ4v) is 2.24. The van der Waals surface area contributed by atoms with Gasteiger partial charge in [-0.3, -0.25) is 14.9 Å². The summed E-state index contributed by atoms with van der Waals surface area (Å²) in [7, 11) is 1.65. The molecule has 0 spiro atoms. The van der Waals surface area contributed by atoms with Crippen molar-refractivity contribution in [3.8, 4) is 0 Å². The minimum absolute atomic E-state index is 0.00101. The number of carbonyl (C=O) groups excluding carboxylic acids is 1. The highest BCUT2D eigenvalue weighted by Gasteiger charge is 2.25. The van der Waals surface area contributed by atoms with Crippen LogP contribution < -0.4 is 0 Å². The van der Waals surface area contributed by atoms with E-state index in [2.05, 4.69) is 13.8 Å². The van der Waals surface area contributed by atoms with Crippen LogP contribution in [0.4, 0.5) is 5.69 Å². The molecule has 5 nitrogen and oxygen atoms in total. The summed E-state index contributed by atoms with van der Waals surface area (Å²) in [5.74, 6) is 0.0574. The standard InChI is InChI=1S/C14H19ClN2O3/c1-9(2)7-10(3)16(4)14(18)12-8-11(15)5-6-13(12)17(19)20/h5-6,8-10H,7H2,1-4H3. The Kier molecular flexibility index (Phi) is 5.51. The molecule has 1 rings (SSSR count). The molecule has 0 aliphatic rings. The number of nitrogens with zero attached hydrogens (tertiary/aromatic N) is 2. The largest absolute Gasteiger partial charge is 0.339 e. The van der Waals surface area contributed by atoms with E-state index >= 15 is 0 Å². The van der Waals surface area contributed by atoms with Gasteiger partial charge in [0.05, 0.1) is 4.92 Å². The highest BCUT2D eigenvalue weighted by Crippen LogP contribution is 2.25. The van der Waals surface area contributed by atoms with Crippen molar-refractivity contribution in [2.75, 3.05) is 7.05 Å². The monoisotopic (exact) mass is 298 g/mol. The minimum atomic E-state index is -0.565. The number of hydrogen-bond donors (Lipinski definition) is 0.